The van der Waals surface area contributed by atoms with Crippen LogP contribution in [0.3, 0.4) is 0 Å². The van der Waals surface area contributed by atoms with Crippen molar-refractivity contribution in [3.05, 3.63) is 70.2 Å². The number of aliphatic hydroxyl groups excluding tert-OH is 3. The number of nitrogens with one attached hydrogen (secondary N) is 1. The van der Waals surface area contributed by atoms with Crippen LogP contribution >= 0.6 is 0 Å². The van der Waals surface area contributed by atoms with E-state index in [1.165, 1.54) is 47.1 Å². The summed E-state index contributed by atoms with van der Waals surface area (Å²) in [6, 6.07) is 0. The SMILES string of the molecule is CCCN(CCO)CCO/N=C1/c2c3c(C)c(O)c4c2C(=O)C=C(NC(=O)/C(C)=C\C=C\[C@H](C)[C@H](O)[C@@H](C)[C@@H](O)[C@@H](C)[C@H](OC(C)=O)[C@H](C)[C@@H](OC)/C=C/O[C@@]1(C)O3)C4=O. The number of amides is 1. The Bertz CT molecular complexity index is 1930. The monoisotopic (exact) mass is 839 g/mol. The number of carbonyl (C=O) groups excluding carboxylic acids is 4. The number of Topliss-reactive ketones (excluding diaryl/α,β-unsaturated/α-hetero) is 1. The van der Waals surface area contributed by atoms with Crippen LogP contribution in [0.2, 0.25) is 0 Å². The number of hydrogen-bond donors (Lipinski definition) is 5. The van der Waals surface area contributed by atoms with Crippen molar-refractivity contribution in [2.24, 2.45) is 28.8 Å². The van der Waals surface area contributed by atoms with Crippen LogP contribution in [0.4, 0.5) is 0 Å². The summed E-state index contributed by atoms with van der Waals surface area (Å²) in [5, 5.41) is 50.8. The van der Waals surface area contributed by atoms with Gasteiger partial charge in [0.25, 0.3) is 11.7 Å². The average Bonchev–Trinajstić information content (AvgIpc) is 3.49. The minimum atomic E-state index is -1.83. The molecule has 5 bridgehead atoms. The lowest BCUT2D eigenvalue weighted by molar-refractivity contribution is -0.160. The first-order chi connectivity index (χ1) is 28.3. The number of fused-ring (bicyclic) bond motifs is 14. The van der Waals surface area contributed by atoms with Crippen LogP contribution in [0.5, 0.6) is 11.5 Å². The fourth-order valence-electron chi connectivity index (χ4n) is 7.84. The third-order valence-corrected chi connectivity index (χ3v) is 11.4. The van der Waals surface area contributed by atoms with Crippen LogP contribution in [0, 0.1) is 30.6 Å². The van der Waals surface area contributed by atoms with Gasteiger partial charge in [0.15, 0.2) is 11.5 Å². The summed E-state index contributed by atoms with van der Waals surface area (Å²) >= 11 is 0. The zero-order valence-electron chi connectivity index (χ0n) is 36.2. The van der Waals surface area contributed by atoms with E-state index in [0.717, 1.165) is 12.5 Å². The molecule has 16 nitrogen and oxygen atoms in total. The molecule has 5 N–H and O–H groups in total. The molecule has 3 heterocycles. The summed E-state index contributed by atoms with van der Waals surface area (Å²) in [6.07, 6.45) is 5.50. The molecular weight excluding hydrogens is 778 g/mol. The number of phenolic OH excluding ortho intramolecular Hbond substituents is 1. The Balaban J connectivity index is 1.89. The van der Waals surface area contributed by atoms with Gasteiger partial charge in [-0.3, -0.25) is 24.1 Å². The maximum atomic E-state index is 14.1. The first-order valence-electron chi connectivity index (χ1n) is 20.3. The zero-order chi connectivity index (χ0) is 44.6. The van der Waals surface area contributed by atoms with Crippen LogP contribution in [-0.4, -0.2) is 125 Å². The highest BCUT2D eigenvalue weighted by atomic mass is 16.7. The van der Waals surface area contributed by atoms with Crippen LogP contribution in [0.1, 0.15) is 93.7 Å². The Morgan fingerprint density at radius 2 is 1.68 bits per heavy atom. The quantitative estimate of drug-likeness (QED) is 0.128. The number of aliphatic hydroxyl groups is 3. The van der Waals surface area contributed by atoms with Crippen molar-refractivity contribution in [3.8, 4) is 11.5 Å². The molecule has 0 radical (unpaired) electrons. The molecule has 9 atom stereocenters. The number of benzene rings is 1. The van der Waals surface area contributed by atoms with Gasteiger partial charge in [-0.1, -0.05) is 58.0 Å². The molecule has 16 heteroatoms. The molecular formula is C44H61N3O13. The van der Waals surface area contributed by atoms with E-state index in [1.807, 2.05) is 11.8 Å². The van der Waals surface area contributed by atoms with Crippen LogP contribution < -0.4 is 10.1 Å². The highest BCUT2D eigenvalue weighted by molar-refractivity contribution is 6.31. The number of methoxy groups -OCH3 is 1. The minimum absolute atomic E-state index is 0.00967. The second-order valence-electron chi connectivity index (χ2n) is 15.9. The highest BCUT2D eigenvalue weighted by Gasteiger charge is 2.51. The van der Waals surface area contributed by atoms with Crippen molar-refractivity contribution >= 4 is 29.2 Å². The van der Waals surface area contributed by atoms with Gasteiger partial charge in [0.05, 0.1) is 53.6 Å². The molecule has 1 aromatic rings. The van der Waals surface area contributed by atoms with E-state index >= 15 is 0 Å². The van der Waals surface area contributed by atoms with E-state index in [2.05, 4.69) is 10.5 Å². The molecule has 0 saturated heterocycles. The fourth-order valence-corrected chi connectivity index (χ4v) is 7.84. The Morgan fingerprint density at radius 1 is 0.983 bits per heavy atom. The molecule has 330 valence electrons. The van der Waals surface area contributed by atoms with E-state index < -0.39 is 83.1 Å². The summed E-state index contributed by atoms with van der Waals surface area (Å²) in [4.78, 5) is 61.7. The van der Waals surface area contributed by atoms with Gasteiger partial charge in [-0.25, -0.2) is 0 Å². The first-order valence-corrected chi connectivity index (χ1v) is 20.3. The molecule has 0 unspecified atom stereocenters. The number of nitrogens with zero attached hydrogens (tertiary/aromatic N) is 2. The summed E-state index contributed by atoms with van der Waals surface area (Å²) in [6.45, 7) is 16.3. The topological polar surface area (TPSA) is 223 Å². The van der Waals surface area contributed by atoms with Crippen molar-refractivity contribution in [1.29, 1.82) is 0 Å². The number of allylic oxidation sites excluding steroid dienone is 4. The highest BCUT2D eigenvalue weighted by Crippen LogP contribution is 2.48. The second-order valence-corrected chi connectivity index (χ2v) is 15.9. The number of oxime groups is 1. The predicted octanol–water partition coefficient (Wildman–Crippen LogP) is 3.87. The molecule has 0 saturated carbocycles. The van der Waals surface area contributed by atoms with Crippen LogP contribution in [0.15, 0.2) is 53.1 Å². The van der Waals surface area contributed by atoms with Gasteiger partial charge in [0.1, 0.15) is 24.2 Å². The lowest BCUT2D eigenvalue weighted by Crippen LogP contribution is -2.46. The van der Waals surface area contributed by atoms with Crippen molar-refractivity contribution in [1.82, 2.24) is 10.2 Å². The second kappa shape index (κ2) is 20.6. The standard InChI is InChI=1S/C44H61N3O13/c1-11-16-47(17-19-48)18-21-58-46-42-35-33-31(50)22-30-39(54)34(33)38(53)28(7)41(35)60-44(42,9)57-20-15-32(56-10)25(4)40(59-29(8)49)27(6)37(52)26(5)36(51)23(2)13-12-14-24(3)43(55)45-30/h12-15,20,22-23,25-27,32,36-37,40,48,51-53H,11,16-19,21H2,1-10H3,(H,45,55)/b13-12+,20-15+,24-14-,46-42-/t23-,25+,26+,27+,32-,36-,37+,40+,44-/m0/s1. The summed E-state index contributed by atoms with van der Waals surface area (Å²) in [5.41, 5.74) is -0.685. The van der Waals surface area contributed by atoms with Crippen molar-refractivity contribution in [3.63, 3.8) is 0 Å². The maximum absolute atomic E-state index is 14.1. The molecule has 3 aliphatic heterocycles. The predicted molar refractivity (Wildman–Crippen MR) is 221 cm³/mol. The van der Waals surface area contributed by atoms with Crippen molar-refractivity contribution in [2.75, 3.05) is 40.0 Å². The third-order valence-electron chi connectivity index (χ3n) is 11.4. The number of rotatable bonds is 10. The molecule has 1 aromatic carbocycles. The molecule has 0 aromatic heterocycles. The number of esters is 1. The molecule has 0 spiro atoms. The summed E-state index contributed by atoms with van der Waals surface area (Å²) in [5.74, 6) is -7.64. The number of phenols is 1. The van der Waals surface area contributed by atoms with Crippen molar-refractivity contribution < 1.29 is 63.4 Å². The largest absolute Gasteiger partial charge is 0.507 e. The lowest BCUT2D eigenvalue weighted by Gasteiger charge is -2.38. The number of carbonyl (C=O) groups is 4. The maximum Gasteiger partial charge on any atom is 0.302 e. The fraction of sp³-hybridized carbons (Fsp3) is 0.568. The van der Waals surface area contributed by atoms with E-state index in [-0.39, 0.29) is 58.2 Å². The molecule has 1 aliphatic carbocycles. The minimum Gasteiger partial charge on any atom is -0.507 e. The lowest BCUT2D eigenvalue weighted by atomic mass is 9.78. The molecule has 1 amide bonds. The van der Waals surface area contributed by atoms with Gasteiger partial charge in [0, 0.05) is 74.9 Å². The molecule has 4 aliphatic rings. The van der Waals surface area contributed by atoms with Crippen LogP contribution in [-0.2, 0) is 28.6 Å². The smallest absolute Gasteiger partial charge is 0.302 e. The van der Waals surface area contributed by atoms with Crippen molar-refractivity contribution in [2.45, 2.75) is 98.9 Å². The third kappa shape index (κ3) is 10.3. The Kier molecular flexibility index (Phi) is 16.4. The summed E-state index contributed by atoms with van der Waals surface area (Å²) < 4.78 is 24.2. The Labute approximate surface area is 351 Å². The number of aromatic hydroxyl groups is 1. The Hall–Kier alpha value is -4.87. The van der Waals surface area contributed by atoms with Gasteiger partial charge in [-0.05, 0) is 32.9 Å². The van der Waals surface area contributed by atoms with E-state index in [4.69, 9.17) is 23.8 Å². The number of hydrogen-bond acceptors (Lipinski definition) is 15. The molecule has 60 heavy (non-hydrogen) atoms. The number of ether oxygens (including phenoxy) is 4. The van der Waals surface area contributed by atoms with Gasteiger partial charge in [-0.15, -0.1) is 0 Å². The number of ketones is 2. The van der Waals surface area contributed by atoms with Gasteiger partial charge >= 0.3 is 5.97 Å². The summed E-state index contributed by atoms with van der Waals surface area (Å²) in [7, 11) is 1.46. The first kappa shape index (κ1) is 47.8. The van der Waals surface area contributed by atoms with Gasteiger partial charge in [0.2, 0.25) is 5.78 Å². The van der Waals surface area contributed by atoms with Gasteiger partial charge in [-0.2, -0.15) is 0 Å². The van der Waals surface area contributed by atoms with E-state index in [0.29, 0.717) is 19.6 Å². The molecule has 5 rings (SSSR count). The normalized spacial score (nSPS) is 31.4. The van der Waals surface area contributed by atoms with Gasteiger partial charge < -0.3 is 49.5 Å². The average molecular weight is 840 g/mol. The van der Waals surface area contributed by atoms with Crippen LogP contribution in [0.25, 0.3) is 0 Å². The molecule has 0 fully saturated rings. The zero-order valence-corrected chi connectivity index (χ0v) is 36.2. The van der Waals surface area contributed by atoms with E-state index in [1.54, 1.807) is 45.9 Å². The van der Waals surface area contributed by atoms with E-state index in [9.17, 15) is 39.6 Å². The Morgan fingerprint density at radius 3 is 2.32 bits per heavy atom.